The predicted octanol–water partition coefficient (Wildman–Crippen LogP) is 1.97. The van der Waals surface area contributed by atoms with E-state index in [9.17, 15) is 9.59 Å². The zero-order valence-electron chi connectivity index (χ0n) is 10.1. The fraction of sp³-hybridized carbons (Fsp3) is 0.167. The summed E-state index contributed by atoms with van der Waals surface area (Å²) < 4.78 is 4.81. The van der Waals surface area contributed by atoms with E-state index in [1.165, 1.54) is 11.6 Å². The van der Waals surface area contributed by atoms with Crippen molar-refractivity contribution in [3.63, 3.8) is 0 Å². The Morgan fingerprint density at radius 2 is 2.21 bits per heavy atom. The van der Waals surface area contributed by atoms with Crippen molar-refractivity contribution in [1.82, 2.24) is 9.97 Å². The molecule has 0 atom stereocenters. The highest BCUT2D eigenvalue weighted by Gasteiger charge is 2.14. The standard InChI is InChI=1S/C12H11N3O3S/c1-2-18-11(17)9-7-19-12(14-9)15-10(16)8-5-3-4-6-13-8/h3-7H,2H2,1H3,(H,14,15,16). The summed E-state index contributed by atoms with van der Waals surface area (Å²) in [6.07, 6.45) is 1.53. The van der Waals surface area contributed by atoms with Gasteiger partial charge in [0.25, 0.3) is 5.91 Å². The maximum Gasteiger partial charge on any atom is 0.357 e. The molecule has 1 N–H and O–H groups in total. The highest BCUT2D eigenvalue weighted by molar-refractivity contribution is 7.14. The molecule has 0 spiro atoms. The van der Waals surface area contributed by atoms with Gasteiger partial charge in [-0.3, -0.25) is 15.1 Å². The van der Waals surface area contributed by atoms with E-state index < -0.39 is 5.97 Å². The number of aromatic nitrogens is 2. The zero-order chi connectivity index (χ0) is 13.7. The molecule has 98 valence electrons. The minimum Gasteiger partial charge on any atom is -0.461 e. The van der Waals surface area contributed by atoms with E-state index in [1.54, 1.807) is 25.1 Å². The van der Waals surface area contributed by atoms with Gasteiger partial charge in [-0.1, -0.05) is 6.07 Å². The van der Waals surface area contributed by atoms with Gasteiger partial charge in [0.15, 0.2) is 10.8 Å². The Balaban J connectivity index is 2.04. The summed E-state index contributed by atoms with van der Waals surface area (Å²) >= 11 is 1.16. The maximum atomic E-state index is 11.8. The molecule has 0 aliphatic carbocycles. The first-order chi connectivity index (χ1) is 9.20. The molecule has 2 aromatic heterocycles. The first-order valence-electron chi connectivity index (χ1n) is 5.55. The van der Waals surface area contributed by atoms with Crippen LogP contribution in [0.5, 0.6) is 0 Å². The molecule has 0 unspecified atom stereocenters. The Kier molecular flexibility index (Phi) is 4.19. The lowest BCUT2D eigenvalue weighted by molar-refractivity contribution is 0.0520. The number of hydrogen-bond acceptors (Lipinski definition) is 6. The van der Waals surface area contributed by atoms with E-state index in [0.29, 0.717) is 5.13 Å². The second-order valence-electron chi connectivity index (χ2n) is 3.43. The van der Waals surface area contributed by atoms with Crippen molar-refractivity contribution >= 4 is 28.3 Å². The second kappa shape index (κ2) is 6.05. The molecule has 0 saturated heterocycles. The summed E-state index contributed by atoms with van der Waals surface area (Å²) in [5.74, 6) is -0.873. The van der Waals surface area contributed by atoms with Gasteiger partial charge in [0.05, 0.1) is 6.61 Å². The Hall–Kier alpha value is -2.28. The summed E-state index contributed by atoms with van der Waals surface area (Å²) in [5, 5.41) is 4.44. The van der Waals surface area contributed by atoms with Crippen LogP contribution in [0.25, 0.3) is 0 Å². The van der Waals surface area contributed by atoms with Crippen LogP contribution in [0.2, 0.25) is 0 Å². The molecule has 2 aromatic rings. The quantitative estimate of drug-likeness (QED) is 0.864. The maximum absolute atomic E-state index is 11.8. The van der Waals surface area contributed by atoms with Crippen LogP contribution in [0, 0.1) is 0 Å². The van der Waals surface area contributed by atoms with Crippen LogP contribution in [0.4, 0.5) is 5.13 Å². The third-order valence-corrected chi connectivity index (χ3v) is 2.86. The van der Waals surface area contributed by atoms with Crippen molar-refractivity contribution < 1.29 is 14.3 Å². The minimum atomic E-state index is -0.503. The van der Waals surface area contributed by atoms with Crippen molar-refractivity contribution in [2.45, 2.75) is 6.92 Å². The summed E-state index contributed by atoms with van der Waals surface area (Å²) in [7, 11) is 0. The van der Waals surface area contributed by atoms with Crippen LogP contribution < -0.4 is 5.32 Å². The Morgan fingerprint density at radius 1 is 1.37 bits per heavy atom. The van der Waals surface area contributed by atoms with E-state index in [4.69, 9.17) is 4.74 Å². The zero-order valence-corrected chi connectivity index (χ0v) is 10.9. The highest BCUT2D eigenvalue weighted by Crippen LogP contribution is 2.16. The molecule has 0 fully saturated rings. The molecule has 2 heterocycles. The number of thiazole rings is 1. The molecular weight excluding hydrogens is 266 g/mol. The van der Waals surface area contributed by atoms with E-state index in [1.807, 2.05) is 0 Å². The summed E-state index contributed by atoms with van der Waals surface area (Å²) in [5.41, 5.74) is 0.471. The third kappa shape index (κ3) is 3.35. The SMILES string of the molecule is CCOC(=O)c1csc(NC(=O)c2ccccn2)n1. The van der Waals surface area contributed by atoms with Crippen LogP contribution in [0.1, 0.15) is 27.9 Å². The number of ether oxygens (including phenoxy) is 1. The lowest BCUT2D eigenvalue weighted by Crippen LogP contribution is -2.13. The van der Waals surface area contributed by atoms with Gasteiger partial charge in [0, 0.05) is 11.6 Å². The predicted molar refractivity (Wildman–Crippen MR) is 70.3 cm³/mol. The molecule has 0 radical (unpaired) electrons. The van der Waals surface area contributed by atoms with E-state index >= 15 is 0 Å². The van der Waals surface area contributed by atoms with Crippen LogP contribution in [-0.4, -0.2) is 28.5 Å². The number of hydrogen-bond donors (Lipinski definition) is 1. The van der Waals surface area contributed by atoms with E-state index in [-0.39, 0.29) is 23.9 Å². The van der Waals surface area contributed by atoms with Gasteiger partial charge in [-0.25, -0.2) is 9.78 Å². The van der Waals surface area contributed by atoms with E-state index in [0.717, 1.165) is 11.3 Å². The third-order valence-electron chi connectivity index (χ3n) is 2.11. The molecule has 19 heavy (non-hydrogen) atoms. The number of anilines is 1. The van der Waals surface area contributed by atoms with Crippen LogP contribution >= 0.6 is 11.3 Å². The van der Waals surface area contributed by atoms with Crippen molar-refractivity contribution in [3.8, 4) is 0 Å². The number of carbonyl (C=O) groups excluding carboxylic acids is 2. The van der Waals surface area contributed by atoms with Gasteiger partial charge in [0.2, 0.25) is 0 Å². The molecule has 0 aliphatic rings. The van der Waals surface area contributed by atoms with Gasteiger partial charge in [-0.05, 0) is 19.1 Å². The van der Waals surface area contributed by atoms with Gasteiger partial charge in [-0.2, -0.15) is 0 Å². The number of nitrogens with one attached hydrogen (secondary N) is 1. The number of esters is 1. The van der Waals surface area contributed by atoms with Crippen molar-refractivity contribution in [3.05, 3.63) is 41.2 Å². The fourth-order valence-electron chi connectivity index (χ4n) is 1.29. The normalized spacial score (nSPS) is 9.95. The van der Waals surface area contributed by atoms with Crippen LogP contribution in [-0.2, 0) is 4.74 Å². The molecule has 7 heteroatoms. The molecule has 6 nitrogen and oxygen atoms in total. The number of pyridine rings is 1. The van der Waals surface area contributed by atoms with Gasteiger partial charge < -0.3 is 4.74 Å². The number of rotatable bonds is 4. The molecular formula is C12H11N3O3S. The Morgan fingerprint density at radius 3 is 2.89 bits per heavy atom. The van der Waals surface area contributed by atoms with Crippen molar-refractivity contribution in [2.75, 3.05) is 11.9 Å². The van der Waals surface area contributed by atoms with Gasteiger partial charge >= 0.3 is 5.97 Å². The van der Waals surface area contributed by atoms with Crippen LogP contribution in [0.3, 0.4) is 0 Å². The van der Waals surface area contributed by atoms with Crippen molar-refractivity contribution in [1.29, 1.82) is 0 Å². The van der Waals surface area contributed by atoms with Crippen molar-refractivity contribution in [2.24, 2.45) is 0 Å². The average molecular weight is 277 g/mol. The van der Waals surface area contributed by atoms with Gasteiger partial charge in [-0.15, -0.1) is 11.3 Å². The highest BCUT2D eigenvalue weighted by atomic mass is 32.1. The lowest BCUT2D eigenvalue weighted by atomic mass is 10.3. The molecule has 0 aliphatic heterocycles. The van der Waals surface area contributed by atoms with E-state index in [2.05, 4.69) is 15.3 Å². The first kappa shape index (κ1) is 13.2. The number of carbonyl (C=O) groups is 2. The number of amides is 1. The fourth-order valence-corrected chi connectivity index (χ4v) is 1.96. The number of nitrogens with zero attached hydrogens (tertiary/aromatic N) is 2. The molecule has 0 bridgehead atoms. The second-order valence-corrected chi connectivity index (χ2v) is 4.29. The molecule has 0 saturated carbocycles. The Bertz CT molecular complexity index is 583. The summed E-state index contributed by atoms with van der Waals surface area (Å²) in [4.78, 5) is 31.1. The topological polar surface area (TPSA) is 81.2 Å². The lowest BCUT2D eigenvalue weighted by Gasteiger charge is -2.00. The summed E-state index contributed by atoms with van der Waals surface area (Å²) in [6.45, 7) is 2.00. The van der Waals surface area contributed by atoms with Crippen LogP contribution in [0.15, 0.2) is 29.8 Å². The van der Waals surface area contributed by atoms with Gasteiger partial charge in [0.1, 0.15) is 5.69 Å². The largest absolute Gasteiger partial charge is 0.461 e. The summed E-state index contributed by atoms with van der Waals surface area (Å²) in [6, 6.07) is 5.03. The Labute approximate surface area is 113 Å². The molecule has 0 aromatic carbocycles. The average Bonchev–Trinajstić information content (AvgIpc) is 2.88. The molecule has 1 amide bonds. The minimum absolute atomic E-state index is 0.183. The monoisotopic (exact) mass is 277 g/mol. The first-order valence-corrected chi connectivity index (χ1v) is 6.43. The smallest absolute Gasteiger partial charge is 0.357 e. The molecule has 2 rings (SSSR count).